The van der Waals surface area contributed by atoms with Gasteiger partial charge < -0.3 is 0 Å². The highest BCUT2D eigenvalue weighted by Crippen LogP contribution is 2.32. The fourth-order valence-corrected chi connectivity index (χ4v) is 2.09. The van der Waals surface area contributed by atoms with Gasteiger partial charge in [-0.15, -0.1) is 0 Å². The molecule has 78 valence electrons. The van der Waals surface area contributed by atoms with Crippen LogP contribution >= 0.6 is 0 Å². The molecule has 1 unspecified atom stereocenters. The van der Waals surface area contributed by atoms with Crippen molar-refractivity contribution in [3.63, 3.8) is 0 Å². The van der Waals surface area contributed by atoms with Crippen molar-refractivity contribution in [2.75, 3.05) is 0 Å². The number of pyridine rings is 1. The summed E-state index contributed by atoms with van der Waals surface area (Å²) >= 11 is 0. The average molecular weight is 191 g/mol. The maximum atomic E-state index is 4.45. The monoisotopic (exact) mass is 191 g/mol. The van der Waals surface area contributed by atoms with E-state index >= 15 is 0 Å². The molecule has 0 N–H and O–H groups in total. The van der Waals surface area contributed by atoms with Crippen molar-refractivity contribution >= 4 is 0 Å². The zero-order valence-electron chi connectivity index (χ0n) is 9.80. The number of hydrogen-bond acceptors (Lipinski definition) is 1. The van der Waals surface area contributed by atoms with Crippen LogP contribution in [0.5, 0.6) is 0 Å². The second kappa shape index (κ2) is 5.14. The Kier molecular flexibility index (Phi) is 4.12. The molecule has 1 aliphatic carbocycles. The lowest BCUT2D eigenvalue weighted by Gasteiger charge is -2.05. The standard InChI is InChI=1S/C11H15N.C2H6/c1-3-9-6-7-12-11-8(2)4-5-10(9)11;1-2/h6-8H,3-5H2,1-2H3;1-2H3. The van der Waals surface area contributed by atoms with Crippen LogP contribution in [-0.2, 0) is 12.8 Å². The topological polar surface area (TPSA) is 12.9 Å². The van der Waals surface area contributed by atoms with Gasteiger partial charge in [0, 0.05) is 11.9 Å². The summed E-state index contributed by atoms with van der Waals surface area (Å²) in [5.41, 5.74) is 4.39. The van der Waals surface area contributed by atoms with E-state index < -0.39 is 0 Å². The van der Waals surface area contributed by atoms with E-state index in [9.17, 15) is 0 Å². The van der Waals surface area contributed by atoms with Gasteiger partial charge in [0.15, 0.2) is 0 Å². The second-order valence-corrected chi connectivity index (χ2v) is 3.63. The van der Waals surface area contributed by atoms with Crippen LogP contribution in [0.3, 0.4) is 0 Å². The fourth-order valence-electron chi connectivity index (χ4n) is 2.09. The van der Waals surface area contributed by atoms with Gasteiger partial charge in [-0.1, -0.05) is 27.7 Å². The normalized spacial score (nSPS) is 18.4. The Morgan fingerprint density at radius 2 is 2.14 bits per heavy atom. The largest absolute Gasteiger partial charge is 0.261 e. The molecule has 0 aromatic carbocycles. The molecule has 14 heavy (non-hydrogen) atoms. The van der Waals surface area contributed by atoms with Crippen molar-refractivity contribution in [1.29, 1.82) is 0 Å². The molecule has 1 atom stereocenters. The van der Waals surface area contributed by atoms with E-state index in [0.717, 1.165) is 6.42 Å². The maximum absolute atomic E-state index is 4.45. The highest BCUT2D eigenvalue weighted by atomic mass is 14.7. The van der Waals surface area contributed by atoms with Crippen LogP contribution in [-0.4, -0.2) is 4.98 Å². The van der Waals surface area contributed by atoms with Gasteiger partial charge >= 0.3 is 0 Å². The first-order chi connectivity index (χ1) is 6.83. The van der Waals surface area contributed by atoms with Gasteiger partial charge in [-0.2, -0.15) is 0 Å². The van der Waals surface area contributed by atoms with Gasteiger partial charge in [-0.25, -0.2) is 0 Å². The number of hydrogen-bond donors (Lipinski definition) is 0. The smallest absolute Gasteiger partial charge is 0.0466 e. The van der Waals surface area contributed by atoms with Crippen molar-refractivity contribution in [2.45, 2.75) is 52.9 Å². The lowest BCUT2D eigenvalue weighted by atomic mass is 10.0. The minimum absolute atomic E-state index is 0.687. The first kappa shape index (κ1) is 11.2. The van der Waals surface area contributed by atoms with Crippen molar-refractivity contribution < 1.29 is 0 Å². The molecule has 1 nitrogen and oxygen atoms in total. The summed E-state index contributed by atoms with van der Waals surface area (Å²) < 4.78 is 0. The minimum Gasteiger partial charge on any atom is -0.261 e. The zero-order valence-corrected chi connectivity index (χ0v) is 9.80. The summed E-state index contributed by atoms with van der Waals surface area (Å²) in [6, 6.07) is 2.16. The van der Waals surface area contributed by atoms with Crippen LogP contribution in [0.1, 0.15) is 56.9 Å². The first-order valence-electron chi connectivity index (χ1n) is 5.79. The minimum atomic E-state index is 0.687. The quantitative estimate of drug-likeness (QED) is 0.659. The van der Waals surface area contributed by atoms with E-state index in [2.05, 4.69) is 24.9 Å². The van der Waals surface area contributed by atoms with Gasteiger partial charge in [-0.3, -0.25) is 4.98 Å². The molecule has 1 heteroatoms. The van der Waals surface area contributed by atoms with E-state index in [4.69, 9.17) is 0 Å². The molecule has 1 aromatic rings. The Morgan fingerprint density at radius 1 is 1.43 bits per heavy atom. The SMILES string of the molecule is CC.CCc1ccnc2c1CCC2C. The van der Waals surface area contributed by atoms with Crippen LogP contribution in [0.15, 0.2) is 12.3 Å². The van der Waals surface area contributed by atoms with E-state index in [-0.39, 0.29) is 0 Å². The van der Waals surface area contributed by atoms with Crippen LogP contribution in [0, 0.1) is 0 Å². The molecule has 1 heterocycles. The van der Waals surface area contributed by atoms with Gasteiger partial charge in [-0.05, 0) is 42.4 Å². The van der Waals surface area contributed by atoms with Gasteiger partial charge in [0.25, 0.3) is 0 Å². The summed E-state index contributed by atoms with van der Waals surface area (Å²) in [5.74, 6) is 0.687. The highest BCUT2D eigenvalue weighted by molar-refractivity contribution is 5.35. The van der Waals surface area contributed by atoms with Crippen LogP contribution in [0.4, 0.5) is 0 Å². The van der Waals surface area contributed by atoms with Gasteiger partial charge in [0.2, 0.25) is 0 Å². The summed E-state index contributed by atoms with van der Waals surface area (Å²) in [4.78, 5) is 4.45. The lowest BCUT2D eigenvalue weighted by molar-refractivity contribution is 0.731. The second-order valence-electron chi connectivity index (χ2n) is 3.63. The predicted octanol–water partition coefficient (Wildman–Crippen LogP) is 3.72. The Hall–Kier alpha value is -0.850. The van der Waals surface area contributed by atoms with Crippen molar-refractivity contribution in [3.05, 3.63) is 29.1 Å². The number of fused-ring (bicyclic) bond motifs is 1. The summed E-state index contributed by atoms with van der Waals surface area (Å²) in [5, 5.41) is 0. The Morgan fingerprint density at radius 3 is 2.79 bits per heavy atom. The molecule has 0 spiro atoms. The number of nitrogens with zero attached hydrogens (tertiary/aromatic N) is 1. The predicted molar refractivity (Wildman–Crippen MR) is 61.7 cm³/mol. The highest BCUT2D eigenvalue weighted by Gasteiger charge is 2.21. The molecule has 0 aliphatic heterocycles. The maximum Gasteiger partial charge on any atom is 0.0466 e. The van der Waals surface area contributed by atoms with E-state index in [1.807, 2.05) is 20.0 Å². The molecule has 0 amide bonds. The molecule has 2 rings (SSSR count). The van der Waals surface area contributed by atoms with E-state index in [1.54, 1.807) is 0 Å². The van der Waals surface area contributed by atoms with Crippen LogP contribution < -0.4 is 0 Å². The van der Waals surface area contributed by atoms with E-state index in [1.165, 1.54) is 29.7 Å². The van der Waals surface area contributed by atoms with Crippen molar-refractivity contribution in [1.82, 2.24) is 4.98 Å². The summed E-state index contributed by atoms with van der Waals surface area (Å²) in [6.45, 7) is 8.50. The average Bonchev–Trinajstić information content (AvgIpc) is 2.64. The van der Waals surface area contributed by atoms with Gasteiger partial charge in [0.05, 0.1) is 0 Å². The number of aryl methyl sites for hydroxylation is 1. The van der Waals surface area contributed by atoms with E-state index in [0.29, 0.717) is 5.92 Å². The third kappa shape index (κ3) is 1.97. The third-order valence-electron chi connectivity index (χ3n) is 2.86. The molecular weight excluding hydrogens is 170 g/mol. The molecule has 0 radical (unpaired) electrons. The first-order valence-corrected chi connectivity index (χ1v) is 5.79. The molecule has 0 saturated heterocycles. The molecular formula is C13H21N. The Balaban J connectivity index is 0.000000461. The molecule has 0 bridgehead atoms. The van der Waals surface area contributed by atoms with Crippen LogP contribution in [0.25, 0.3) is 0 Å². The Labute approximate surface area is 87.6 Å². The van der Waals surface area contributed by atoms with Crippen LogP contribution in [0.2, 0.25) is 0 Å². The summed E-state index contributed by atoms with van der Waals surface area (Å²) in [7, 11) is 0. The molecule has 1 aliphatic rings. The van der Waals surface area contributed by atoms with Crippen molar-refractivity contribution in [3.8, 4) is 0 Å². The Bertz CT molecular complexity index is 291. The molecule has 0 saturated carbocycles. The fraction of sp³-hybridized carbons (Fsp3) is 0.615. The molecule has 1 aromatic heterocycles. The summed E-state index contributed by atoms with van der Waals surface area (Å²) in [6.07, 6.45) is 5.64. The zero-order chi connectivity index (χ0) is 10.6. The number of aromatic nitrogens is 1. The number of rotatable bonds is 1. The van der Waals surface area contributed by atoms with Crippen molar-refractivity contribution in [2.24, 2.45) is 0 Å². The van der Waals surface area contributed by atoms with Gasteiger partial charge in [0.1, 0.15) is 0 Å². The lowest BCUT2D eigenvalue weighted by Crippen LogP contribution is -1.95. The molecule has 0 fully saturated rings. The third-order valence-corrected chi connectivity index (χ3v) is 2.86.